The molecule has 0 unspecified atom stereocenters. The quantitative estimate of drug-likeness (QED) is 0.453. The number of barbiturate groups is 1. The van der Waals surface area contributed by atoms with Crippen molar-refractivity contribution in [3.8, 4) is 0 Å². The van der Waals surface area contributed by atoms with Gasteiger partial charge in [-0.05, 0) is 39.0 Å². The van der Waals surface area contributed by atoms with E-state index in [1.807, 2.05) is 0 Å². The first-order chi connectivity index (χ1) is 8.90. The number of urea groups is 1. The van der Waals surface area contributed by atoms with Gasteiger partial charge in [-0.3, -0.25) is 20.2 Å². The Morgan fingerprint density at radius 1 is 1.16 bits per heavy atom. The molecule has 1 saturated heterocycles. The molecule has 104 valence electrons. The zero-order valence-corrected chi connectivity index (χ0v) is 11.6. The lowest BCUT2D eigenvalue weighted by Crippen LogP contribution is -2.51. The van der Waals surface area contributed by atoms with E-state index in [4.69, 9.17) is 0 Å². The molecule has 0 aliphatic carbocycles. The lowest BCUT2D eigenvalue weighted by molar-refractivity contribution is -0.124. The van der Waals surface area contributed by atoms with Crippen molar-refractivity contribution in [3.05, 3.63) is 23.3 Å². The van der Waals surface area contributed by atoms with E-state index in [0.29, 0.717) is 12.3 Å². The third-order valence-corrected chi connectivity index (χ3v) is 2.88. The van der Waals surface area contributed by atoms with Crippen LogP contribution in [0.2, 0.25) is 0 Å². The van der Waals surface area contributed by atoms with Crippen LogP contribution in [0.1, 0.15) is 40.0 Å². The van der Waals surface area contributed by atoms with Gasteiger partial charge in [0.25, 0.3) is 11.8 Å². The van der Waals surface area contributed by atoms with E-state index < -0.39 is 17.8 Å². The van der Waals surface area contributed by atoms with Gasteiger partial charge in [0, 0.05) is 0 Å². The Hall–Kier alpha value is -1.91. The van der Waals surface area contributed by atoms with Gasteiger partial charge in [0.05, 0.1) is 0 Å². The highest BCUT2D eigenvalue weighted by Gasteiger charge is 2.27. The fraction of sp³-hybridized carbons (Fsp3) is 0.500. The highest BCUT2D eigenvalue weighted by Crippen LogP contribution is 2.14. The topological polar surface area (TPSA) is 75.3 Å². The van der Waals surface area contributed by atoms with Gasteiger partial charge in [0.1, 0.15) is 5.57 Å². The molecule has 5 heteroatoms. The first-order valence-electron chi connectivity index (χ1n) is 6.40. The lowest BCUT2D eigenvalue weighted by atomic mass is 9.99. The Morgan fingerprint density at radius 3 is 2.26 bits per heavy atom. The second-order valence-corrected chi connectivity index (χ2v) is 5.05. The third-order valence-electron chi connectivity index (χ3n) is 2.88. The second-order valence-electron chi connectivity index (χ2n) is 5.05. The summed E-state index contributed by atoms with van der Waals surface area (Å²) in [6, 6.07) is -0.760. The van der Waals surface area contributed by atoms with Crippen molar-refractivity contribution in [1.29, 1.82) is 0 Å². The number of rotatable bonds is 5. The molecule has 0 aromatic carbocycles. The van der Waals surface area contributed by atoms with Gasteiger partial charge in [0.2, 0.25) is 0 Å². The summed E-state index contributed by atoms with van der Waals surface area (Å²) in [6.45, 7) is 6.18. The average Bonchev–Trinajstić information content (AvgIpc) is 2.26. The summed E-state index contributed by atoms with van der Waals surface area (Å²) in [5.41, 5.74) is 1.31. The number of imide groups is 2. The largest absolute Gasteiger partial charge is 0.328 e. The summed E-state index contributed by atoms with van der Waals surface area (Å²) in [5, 5.41) is 4.11. The molecular weight excluding hydrogens is 244 g/mol. The Labute approximate surface area is 113 Å². The maximum absolute atomic E-state index is 11.5. The standard InChI is InChI=1S/C14H20N2O3/c1-9(2)5-4-6-10(3)7-8-11-12(17)15-14(19)16-13(11)18/h5,8,10H,4,6-7H2,1-3H3,(H2,15,16,17,18,19)/t10-/m0/s1. The van der Waals surface area contributed by atoms with Crippen LogP contribution in [-0.4, -0.2) is 17.8 Å². The van der Waals surface area contributed by atoms with E-state index in [-0.39, 0.29) is 5.57 Å². The smallest absolute Gasteiger partial charge is 0.273 e. The summed E-state index contributed by atoms with van der Waals surface area (Å²) in [5.74, 6) is -0.864. The Kier molecular flexibility index (Phi) is 5.48. The Balaban J connectivity index is 2.51. The summed E-state index contributed by atoms with van der Waals surface area (Å²) in [7, 11) is 0. The minimum absolute atomic E-state index is 0.0219. The number of carbonyl (C=O) groups excluding carboxylic acids is 3. The van der Waals surface area contributed by atoms with Crippen LogP contribution in [0, 0.1) is 5.92 Å². The van der Waals surface area contributed by atoms with Crippen molar-refractivity contribution in [2.24, 2.45) is 5.92 Å². The molecule has 1 aliphatic heterocycles. The Morgan fingerprint density at radius 2 is 1.74 bits per heavy atom. The summed E-state index contributed by atoms with van der Waals surface area (Å²) < 4.78 is 0. The van der Waals surface area contributed by atoms with E-state index in [1.165, 1.54) is 5.57 Å². The average molecular weight is 264 g/mol. The molecule has 5 nitrogen and oxygen atoms in total. The highest BCUT2D eigenvalue weighted by molar-refractivity contribution is 6.28. The number of nitrogens with one attached hydrogen (secondary N) is 2. The van der Waals surface area contributed by atoms with Gasteiger partial charge in [-0.2, -0.15) is 0 Å². The van der Waals surface area contributed by atoms with Gasteiger partial charge in [-0.15, -0.1) is 0 Å². The molecule has 0 radical (unpaired) electrons. The van der Waals surface area contributed by atoms with Crippen molar-refractivity contribution in [2.75, 3.05) is 0 Å². The molecule has 0 bridgehead atoms. The highest BCUT2D eigenvalue weighted by atomic mass is 16.2. The molecule has 1 rings (SSSR count). The lowest BCUT2D eigenvalue weighted by Gasteiger charge is -2.14. The monoisotopic (exact) mass is 264 g/mol. The fourth-order valence-corrected chi connectivity index (χ4v) is 1.75. The van der Waals surface area contributed by atoms with Gasteiger partial charge >= 0.3 is 6.03 Å². The maximum Gasteiger partial charge on any atom is 0.328 e. The van der Waals surface area contributed by atoms with Crippen LogP contribution in [0.25, 0.3) is 0 Å². The van der Waals surface area contributed by atoms with Crippen molar-refractivity contribution in [2.45, 2.75) is 40.0 Å². The predicted octanol–water partition coefficient (Wildman–Crippen LogP) is 2.05. The number of allylic oxidation sites excluding steroid dienone is 3. The normalized spacial score (nSPS) is 16.6. The number of carbonyl (C=O) groups is 3. The molecule has 1 atom stereocenters. The minimum Gasteiger partial charge on any atom is -0.273 e. The number of hydrogen-bond donors (Lipinski definition) is 2. The van der Waals surface area contributed by atoms with E-state index in [9.17, 15) is 14.4 Å². The van der Waals surface area contributed by atoms with Crippen LogP contribution in [0.4, 0.5) is 4.79 Å². The van der Waals surface area contributed by atoms with Crippen LogP contribution in [0.3, 0.4) is 0 Å². The van der Waals surface area contributed by atoms with Crippen LogP contribution in [-0.2, 0) is 9.59 Å². The first kappa shape index (κ1) is 15.1. The molecule has 0 aromatic rings. The van der Waals surface area contributed by atoms with Crippen LogP contribution < -0.4 is 10.6 Å². The number of amides is 4. The van der Waals surface area contributed by atoms with Gasteiger partial charge in [-0.25, -0.2) is 4.79 Å². The third kappa shape index (κ3) is 5.07. The Bertz CT molecular complexity index is 424. The first-order valence-corrected chi connectivity index (χ1v) is 6.40. The molecular formula is C14H20N2O3. The van der Waals surface area contributed by atoms with Crippen LogP contribution >= 0.6 is 0 Å². The molecule has 0 saturated carbocycles. The summed E-state index contributed by atoms with van der Waals surface area (Å²) in [4.78, 5) is 33.8. The zero-order valence-electron chi connectivity index (χ0n) is 11.6. The molecule has 2 N–H and O–H groups in total. The zero-order chi connectivity index (χ0) is 14.4. The van der Waals surface area contributed by atoms with Gasteiger partial charge in [-0.1, -0.05) is 24.6 Å². The number of hydrogen-bond acceptors (Lipinski definition) is 3. The van der Waals surface area contributed by atoms with Crippen molar-refractivity contribution in [1.82, 2.24) is 10.6 Å². The molecule has 1 fully saturated rings. The van der Waals surface area contributed by atoms with E-state index in [0.717, 1.165) is 12.8 Å². The molecule has 1 heterocycles. The van der Waals surface area contributed by atoms with Crippen molar-refractivity contribution >= 4 is 17.8 Å². The molecule has 1 aliphatic rings. The van der Waals surface area contributed by atoms with Crippen molar-refractivity contribution in [3.63, 3.8) is 0 Å². The predicted molar refractivity (Wildman–Crippen MR) is 72.2 cm³/mol. The molecule has 4 amide bonds. The molecule has 0 spiro atoms. The molecule has 0 aromatic heterocycles. The fourth-order valence-electron chi connectivity index (χ4n) is 1.75. The minimum atomic E-state index is -0.760. The van der Waals surface area contributed by atoms with E-state index >= 15 is 0 Å². The maximum atomic E-state index is 11.5. The van der Waals surface area contributed by atoms with Crippen LogP contribution in [0.15, 0.2) is 23.3 Å². The van der Waals surface area contributed by atoms with Gasteiger partial charge in [0.15, 0.2) is 0 Å². The van der Waals surface area contributed by atoms with Crippen molar-refractivity contribution < 1.29 is 14.4 Å². The van der Waals surface area contributed by atoms with Crippen LogP contribution in [0.5, 0.6) is 0 Å². The van der Waals surface area contributed by atoms with E-state index in [2.05, 4.69) is 37.5 Å². The second kappa shape index (κ2) is 6.87. The van der Waals surface area contributed by atoms with E-state index in [1.54, 1.807) is 6.08 Å². The van der Waals surface area contributed by atoms with Gasteiger partial charge < -0.3 is 0 Å². The molecule has 19 heavy (non-hydrogen) atoms. The SMILES string of the molecule is CC(C)=CCC[C@H](C)CC=C1C(=O)NC(=O)NC1=O. The summed E-state index contributed by atoms with van der Waals surface area (Å²) >= 11 is 0. The summed E-state index contributed by atoms with van der Waals surface area (Å²) in [6.07, 6.45) is 6.40.